The van der Waals surface area contributed by atoms with Crippen LogP contribution in [0.1, 0.15) is 6.42 Å². The normalized spacial score (nSPS) is 51.0. The summed E-state index contributed by atoms with van der Waals surface area (Å²) in [6, 6.07) is 0. The van der Waals surface area contributed by atoms with E-state index < -0.39 is 0 Å². The fraction of sp³-hybridized carbons (Fsp3) is 1.00. The van der Waals surface area contributed by atoms with Crippen LogP contribution in [-0.2, 0) is 0 Å². The molecule has 1 rings (SSSR count). The van der Waals surface area contributed by atoms with E-state index in [0.29, 0.717) is 14.5 Å². The lowest BCUT2D eigenvalue weighted by atomic mass is 10.0. The van der Waals surface area contributed by atoms with Gasteiger partial charge in [0, 0.05) is 14.5 Å². The Bertz CT molecular complexity index is 65.3. The second-order valence-corrected chi connectivity index (χ2v) is 5.12. The lowest BCUT2D eigenvalue weighted by Gasteiger charge is -2.33. The van der Waals surface area contributed by atoms with Gasteiger partial charge in [-0.3, -0.25) is 0 Å². The van der Waals surface area contributed by atoms with Crippen molar-refractivity contribution in [2.24, 2.45) is 0 Å². The molecule has 0 N–H and O–H groups in total. The van der Waals surface area contributed by atoms with Gasteiger partial charge in [-0.15, -0.1) is 0 Å². The van der Waals surface area contributed by atoms with Crippen molar-refractivity contribution >= 4 is 47.8 Å². The van der Waals surface area contributed by atoms with E-state index in [1.165, 1.54) is 6.42 Å². The van der Waals surface area contributed by atoms with E-state index in [9.17, 15) is 0 Å². The molecular formula is C4H5Br3. The first-order valence-electron chi connectivity index (χ1n) is 2.14. The molecule has 0 spiro atoms. The summed E-state index contributed by atoms with van der Waals surface area (Å²) in [6.45, 7) is 0. The second-order valence-electron chi connectivity index (χ2n) is 1.71. The molecule has 1 fully saturated rings. The molecule has 42 valence electrons. The zero-order chi connectivity index (χ0) is 5.44. The summed E-state index contributed by atoms with van der Waals surface area (Å²) in [6.07, 6.45) is 1.25. The van der Waals surface area contributed by atoms with Gasteiger partial charge in [0.2, 0.25) is 0 Å². The van der Waals surface area contributed by atoms with Gasteiger partial charge in [-0.1, -0.05) is 47.8 Å². The molecule has 0 aromatic rings. The number of hydrogen-bond donors (Lipinski definition) is 0. The van der Waals surface area contributed by atoms with Crippen LogP contribution < -0.4 is 0 Å². The summed E-state index contributed by atoms with van der Waals surface area (Å²) >= 11 is 10.5. The van der Waals surface area contributed by atoms with E-state index >= 15 is 0 Å². The van der Waals surface area contributed by atoms with E-state index in [0.717, 1.165) is 0 Å². The third kappa shape index (κ3) is 1.22. The van der Waals surface area contributed by atoms with Crippen LogP contribution in [0.25, 0.3) is 0 Å². The average Bonchev–Trinajstić information content (AvgIpc) is 1.68. The first-order valence-corrected chi connectivity index (χ1v) is 4.88. The van der Waals surface area contributed by atoms with Crippen molar-refractivity contribution in [2.45, 2.75) is 20.9 Å². The van der Waals surface area contributed by atoms with Gasteiger partial charge in [-0.05, 0) is 6.42 Å². The number of halogens is 3. The molecule has 1 saturated carbocycles. The minimum atomic E-state index is 0.646. The Morgan fingerprint density at radius 3 is 1.43 bits per heavy atom. The lowest BCUT2D eigenvalue weighted by molar-refractivity contribution is 0.584. The van der Waals surface area contributed by atoms with Gasteiger partial charge in [0.15, 0.2) is 0 Å². The highest BCUT2D eigenvalue weighted by Crippen LogP contribution is 2.38. The van der Waals surface area contributed by atoms with Crippen LogP contribution in [-0.4, -0.2) is 14.5 Å². The topological polar surface area (TPSA) is 0 Å². The van der Waals surface area contributed by atoms with E-state index in [-0.39, 0.29) is 0 Å². The van der Waals surface area contributed by atoms with Crippen LogP contribution in [0.5, 0.6) is 0 Å². The van der Waals surface area contributed by atoms with Crippen molar-refractivity contribution < 1.29 is 0 Å². The van der Waals surface area contributed by atoms with Crippen LogP contribution in [0.3, 0.4) is 0 Å². The Hall–Kier alpha value is 1.44. The molecule has 0 bridgehead atoms. The molecule has 1 aliphatic carbocycles. The molecule has 0 amide bonds. The third-order valence-electron chi connectivity index (χ3n) is 1.14. The molecule has 2 unspecified atom stereocenters. The lowest BCUT2D eigenvalue weighted by Crippen LogP contribution is -2.38. The Morgan fingerprint density at radius 1 is 1.00 bits per heavy atom. The molecule has 7 heavy (non-hydrogen) atoms. The van der Waals surface area contributed by atoms with Crippen molar-refractivity contribution in [3.8, 4) is 0 Å². The molecule has 2 atom stereocenters. The van der Waals surface area contributed by atoms with Crippen molar-refractivity contribution in [3.63, 3.8) is 0 Å². The smallest absolute Gasteiger partial charge is 0.0397 e. The second kappa shape index (κ2) is 2.36. The largest absolute Gasteiger partial charge is 0.0878 e. The first-order chi connectivity index (χ1) is 3.22. The third-order valence-corrected chi connectivity index (χ3v) is 5.72. The highest BCUT2D eigenvalue weighted by Gasteiger charge is 2.35. The molecule has 0 saturated heterocycles. The maximum Gasteiger partial charge on any atom is 0.0397 e. The van der Waals surface area contributed by atoms with E-state index in [1.807, 2.05) is 0 Å². The standard InChI is InChI=1S/C4H5Br3/c5-2-1-3(6)4(2)7/h2-4H,1H2. The Balaban J connectivity index is 2.29. The summed E-state index contributed by atoms with van der Waals surface area (Å²) in [5, 5.41) is 0. The van der Waals surface area contributed by atoms with Crippen LogP contribution in [0.15, 0.2) is 0 Å². The summed E-state index contributed by atoms with van der Waals surface area (Å²) in [5.41, 5.74) is 0. The Kier molecular flexibility index (Phi) is 2.21. The summed E-state index contributed by atoms with van der Waals surface area (Å²) < 4.78 is 0. The fourth-order valence-electron chi connectivity index (χ4n) is 0.506. The van der Waals surface area contributed by atoms with E-state index in [4.69, 9.17) is 0 Å². The molecule has 0 aromatic heterocycles. The minimum absolute atomic E-state index is 0.646. The van der Waals surface area contributed by atoms with Gasteiger partial charge >= 0.3 is 0 Å². The molecule has 0 nitrogen and oxygen atoms in total. The number of alkyl halides is 3. The highest BCUT2D eigenvalue weighted by atomic mass is 79.9. The Labute approximate surface area is 68.4 Å². The number of hydrogen-bond acceptors (Lipinski definition) is 0. The number of rotatable bonds is 0. The predicted octanol–water partition coefficient (Wildman–Crippen LogP) is 2.68. The van der Waals surface area contributed by atoms with Crippen molar-refractivity contribution in [2.75, 3.05) is 0 Å². The van der Waals surface area contributed by atoms with Crippen LogP contribution in [0.2, 0.25) is 0 Å². The summed E-state index contributed by atoms with van der Waals surface area (Å²) in [7, 11) is 0. The van der Waals surface area contributed by atoms with Gasteiger partial charge in [0.1, 0.15) is 0 Å². The highest BCUT2D eigenvalue weighted by molar-refractivity contribution is 9.14. The molecule has 1 aliphatic rings. The first kappa shape index (κ1) is 6.56. The van der Waals surface area contributed by atoms with Gasteiger partial charge in [0.05, 0.1) is 0 Å². The van der Waals surface area contributed by atoms with Crippen molar-refractivity contribution in [1.29, 1.82) is 0 Å². The molecule has 3 heteroatoms. The maximum absolute atomic E-state index is 3.50. The molecule has 0 aliphatic heterocycles. The van der Waals surface area contributed by atoms with Gasteiger partial charge in [-0.2, -0.15) is 0 Å². The minimum Gasteiger partial charge on any atom is -0.0878 e. The maximum atomic E-state index is 3.50. The van der Waals surface area contributed by atoms with Crippen molar-refractivity contribution in [3.05, 3.63) is 0 Å². The molecule has 0 heterocycles. The zero-order valence-corrected chi connectivity index (χ0v) is 8.33. The van der Waals surface area contributed by atoms with Gasteiger partial charge < -0.3 is 0 Å². The monoisotopic (exact) mass is 290 g/mol. The summed E-state index contributed by atoms with van der Waals surface area (Å²) in [5.74, 6) is 0. The predicted molar refractivity (Wildman–Crippen MR) is 42.8 cm³/mol. The van der Waals surface area contributed by atoms with E-state index in [1.54, 1.807) is 0 Å². The Morgan fingerprint density at radius 2 is 1.43 bits per heavy atom. The molecular weight excluding hydrogens is 288 g/mol. The quantitative estimate of drug-likeness (QED) is 0.602. The van der Waals surface area contributed by atoms with Crippen LogP contribution >= 0.6 is 47.8 Å². The SMILES string of the molecule is BrC1CC(Br)C1Br. The van der Waals surface area contributed by atoms with Crippen molar-refractivity contribution in [1.82, 2.24) is 0 Å². The average molecular weight is 293 g/mol. The van der Waals surface area contributed by atoms with E-state index in [2.05, 4.69) is 47.8 Å². The van der Waals surface area contributed by atoms with Crippen LogP contribution in [0.4, 0.5) is 0 Å². The molecule has 0 radical (unpaired) electrons. The summed E-state index contributed by atoms with van der Waals surface area (Å²) in [4.78, 5) is 2.03. The van der Waals surface area contributed by atoms with Gasteiger partial charge in [0.25, 0.3) is 0 Å². The van der Waals surface area contributed by atoms with Gasteiger partial charge in [-0.25, -0.2) is 0 Å². The van der Waals surface area contributed by atoms with Crippen LogP contribution in [0, 0.1) is 0 Å². The fourth-order valence-corrected chi connectivity index (χ4v) is 3.39. The zero-order valence-electron chi connectivity index (χ0n) is 3.57. The molecule has 0 aromatic carbocycles.